The molecule has 118 valence electrons. The summed E-state index contributed by atoms with van der Waals surface area (Å²) in [5, 5.41) is 7.34. The standard InChI is InChI=1S/C16H28N4O/c1-12(2)13(14-6-8-18-19(14)5)10-17-15(21)20-9-7-16(3,4)11-20/h6,8,12-13H,7,9-11H2,1-5H3,(H,17,21)/t13-/m0/s1. The lowest BCUT2D eigenvalue weighted by molar-refractivity contribution is 0.201. The number of nitrogens with one attached hydrogen (secondary N) is 1. The van der Waals surface area contributed by atoms with Crippen LogP contribution >= 0.6 is 0 Å². The van der Waals surface area contributed by atoms with Crippen LogP contribution in [-0.2, 0) is 7.05 Å². The lowest BCUT2D eigenvalue weighted by Crippen LogP contribution is -2.41. The van der Waals surface area contributed by atoms with Gasteiger partial charge in [0.25, 0.3) is 0 Å². The van der Waals surface area contributed by atoms with Gasteiger partial charge in [0.2, 0.25) is 0 Å². The summed E-state index contributed by atoms with van der Waals surface area (Å²) in [5.41, 5.74) is 1.42. The van der Waals surface area contributed by atoms with E-state index in [-0.39, 0.29) is 17.4 Å². The number of nitrogens with zero attached hydrogens (tertiary/aromatic N) is 3. The summed E-state index contributed by atoms with van der Waals surface area (Å²) in [4.78, 5) is 14.2. The highest BCUT2D eigenvalue weighted by molar-refractivity contribution is 5.74. The predicted molar refractivity (Wildman–Crippen MR) is 84.2 cm³/mol. The molecule has 1 fully saturated rings. The van der Waals surface area contributed by atoms with Gasteiger partial charge in [0.1, 0.15) is 0 Å². The molecule has 5 heteroatoms. The number of aryl methyl sites for hydroxylation is 1. The quantitative estimate of drug-likeness (QED) is 0.927. The molecule has 1 aliphatic heterocycles. The molecule has 21 heavy (non-hydrogen) atoms. The van der Waals surface area contributed by atoms with E-state index < -0.39 is 0 Å². The van der Waals surface area contributed by atoms with Crippen LogP contribution in [-0.4, -0.2) is 40.3 Å². The molecule has 0 bridgehead atoms. The zero-order valence-corrected chi connectivity index (χ0v) is 13.9. The summed E-state index contributed by atoms with van der Waals surface area (Å²) in [7, 11) is 1.95. The SMILES string of the molecule is CC(C)[C@H](CNC(=O)N1CCC(C)(C)C1)c1ccnn1C. The zero-order chi connectivity index (χ0) is 15.6. The van der Waals surface area contributed by atoms with Crippen molar-refractivity contribution in [1.29, 1.82) is 0 Å². The van der Waals surface area contributed by atoms with Crippen LogP contribution in [0.5, 0.6) is 0 Å². The number of amides is 2. The first kappa shape index (κ1) is 15.9. The van der Waals surface area contributed by atoms with E-state index in [4.69, 9.17) is 0 Å². The van der Waals surface area contributed by atoms with E-state index in [1.165, 1.54) is 5.69 Å². The third-order valence-corrected chi connectivity index (χ3v) is 4.48. The van der Waals surface area contributed by atoms with Gasteiger partial charge in [-0.3, -0.25) is 4.68 Å². The number of urea groups is 1. The van der Waals surface area contributed by atoms with Gasteiger partial charge in [-0.05, 0) is 23.8 Å². The Hall–Kier alpha value is -1.52. The largest absolute Gasteiger partial charge is 0.337 e. The second-order valence-electron chi connectivity index (χ2n) is 7.25. The average Bonchev–Trinajstić information content (AvgIpc) is 2.95. The Balaban J connectivity index is 1.94. The monoisotopic (exact) mass is 292 g/mol. The Morgan fingerprint density at radius 1 is 1.48 bits per heavy atom. The second-order valence-corrected chi connectivity index (χ2v) is 7.25. The number of hydrogen-bond donors (Lipinski definition) is 1. The summed E-state index contributed by atoms with van der Waals surface area (Å²) in [5.74, 6) is 0.743. The highest BCUT2D eigenvalue weighted by Gasteiger charge is 2.32. The van der Waals surface area contributed by atoms with Crippen molar-refractivity contribution in [2.75, 3.05) is 19.6 Å². The molecule has 0 spiro atoms. The minimum atomic E-state index is 0.0633. The molecule has 0 unspecified atom stereocenters. The molecule has 2 heterocycles. The first-order chi connectivity index (χ1) is 9.80. The fraction of sp³-hybridized carbons (Fsp3) is 0.750. The number of likely N-dealkylation sites (tertiary alicyclic amines) is 1. The topological polar surface area (TPSA) is 50.2 Å². The number of carbonyl (C=O) groups excluding carboxylic acids is 1. The third kappa shape index (κ3) is 3.77. The Labute approximate surface area is 127 Å². The van der Waals surface area contributed by atoms with Crippen molar-refractivity contribution in [2.45, 2.75) is 40.0 Å². The summed E-state index contributed by atoms with van der Waals surface area (Å²) < 4.78 is 1.90. The van der Waals surface area contributed by atoms with Gasteiger partial charge < -0.3 is 10.2 Å². The molecule has 1 aromatic heterocycles. The maximum Gasteiger partial charge on any atom is 0.317 e. The van der Waals surface area contributed by atoms with Crippen molar-refractivity contribution >= 4 is 6.03 Å². The summed E-state index contributed by atoms with van der Waals surface area (Å²) >= 11 is 0. The van der Waals surface area contributed by atoms with Crippen LogP contribution in [0, 0.1) is 11.3 Å². The molecule has 2 amide bonds. The van der Waals surface area contributed by atoms with E-state index in [9.17, 15) is 4.79 Å². The average molecular weight is 292 g/mol. The molecule has 1 aliphatic rings. The van der Waals surface area contributed by atoms with Gasteiger partial charge >= 0.3 is 6.03 Å². The highest BCUT2D eigenvalue weighted by atomic mass is 16.2. The lowest BCUT2D eigenvalue weighted by atomic mass is 9.92. The zero-order valence-electron chi connectivity index (χ0n) is 13.9. The lowest BCUT2D eigenvalue weighted by Gasteiger charge is -2.24. The first-order valence-corrected chi connectivity index (χ1v) is 7.81. The molecule has 0 aliphatic carbocycles. The van der Waals surface area contributed by atoms with Gasteiger partial charge in [-0.25, -0.2) is 4.79 Å². The molecule has 0 radical (unpaired) electrons. The van der Waals surface area contributed by atoms with E-state index in [2.05, 4.69) is 38.1 Å². The predicted octanol–water partition coefficient (Wildman–Crippen LogP) is 2.60. The molecule has 0 saturated carbocycles. The number of carbonyl (C=O) groups is 1. The van der Waals surface area contributed by atoms with Gasteiger partial charge in [0.15, 0.2) is 0 Å². The van der Waals surface area contributed by atoms with Crippen LogP contribution in [0.4, 0.5) is 4.79 Å². The van der Waals surface area contributed by atoms with Gasteiger partial charge in [0.05, 0.1) is 0 Å². The Morgan fingerprint density at radius 2 is 2.19 bits per heavy atom. The molecule has 1 atom stereocenters. The maximum absolute atomic E-state index is 12.3. The summed E-state index contributed by atoms with van der Waals surface area (Å²) in [6.45, 7) is 11.2. The molecule has 1 N–H and O–H groups in total. The molecular formula is C16H28N4O. The first-order valence-electron chi connectivity index (χ1n) is 7.81. The summed E-state index contributed by atoms with van der Waals surface area (Å²) in [6.07, 6.45) is 2.89. The normalized spacial score (nSPS) is 19.0. The van der Waals surface area contributed by atoms with Gasteiger partial charge in [-0.2, -0.15) is 5.10 Å². The fourth-order valence-corrected chi connectivity index (χ4v) is 3.02. The number of aromatic nitrogens is 2. The van der Waals surface area contributed by atoms with E-state index >= 15 is 0 Å². The fourth-order valence-electron chi connectivity index (χ4n) is 3.02. The molecule has 1 aromatic rings. The Kier molecular flexibility index (Phi) is 4.59. The van der Waals surface area contributed by atoms with Crippen LogP contribution < -0.4 is 5.32 Å². The number of rotatable bonds is 4. The Morgan fingerprint density at radius 3 is 2.67 bits per heavy atom. The van der Waals surface area contributed by atoms with Crippen LogP contribution in [0.3, 0.4) is 0 Å². The van der Waals surface area contributed by atoms with Crippen molar-refractivity contribution in [3.63, 3.8) is 0 Å². The molecule has 2 rings (SSSR count). The van der Waals surface area contributed by atoms with E-state index in [0.717, 1.165) is 19.5 Å². The third-order valence-electron chi connectivity index (χ3n) is 4.48. The second kappa shape index (κ2) is 6.08. The molecule has 1 saturated heterocycles. The minimum Gasteiger partial charge on any atom is -0.337 e. The molecule has 5 nitrogen and oxygen atoms in total. The highest BCUT2D eigenvalue weighted by Crippen LogP contribution is 2.29. The molecule has 0 aromatic carbocycles. The summed E-state index contributed by atoms with van der Waals surface area (Å²) in [6, 6.07) is 2.10. The van der Waals surface area contributed by atoms with Crippen molar-refractivity contribution < 1.29 is 4.79 Å². The number of hydrogen-bond acceptors (Lipinski definition) is 2. The van der Waals surface area contributed by atoms with Crippen LogP contribution in [0.1, 0.15) is 45.7 Å². The van der Waals surface area contributed by atoms with Gasteiger partial charge in [-0.15, -0.1) is 0 Å². The van der Waals surface area contributed by atoms with E-state index in [1.807, 2.05) is 28.9 Å². The van der Waals surface area contributed by atoms with Crippen LogP contribution in [0.15, 0.2) is 12.3 Å². The smallest absolute Gasteiger partial charge is 0.317 e. The van der Waals surface area contributed by atoms with Crippen LogP contribution in [0.2, 0.25) is 0 Å². The van der Waals surface area contributed by atoms with Crippen molar-refractivity contribution in [3.05, 3.63) is 18.0 Å². The van der Waals surface area contributed by atoms with E-state index in [0.29, 0.717) is 12.5 Å². The van der Waals surface area contributed by atoms with Gasteiger partial charge in [-0.1, -0.05) is 27.7 Å². The molecular weight excluding hydrogens is 264 g/mol. The van der Waals surface area contributed by atoms with Crippen molar-refractivity contribution in [2.24, 2.45) is 18.4 Å². The van der Waals surface area contributed by atoms with E-state index in [1.54, 1.807) is 0 Å². The van der Waals surface area contributed by atoms with Crippen molar-refractivity contribution in [1.82, 2.24) is 20.0 Å². The maximum atomic E-state index is 12.3. The van der Waals surface area contributed by atoms with Crippen LogP contribution in [0.25, 0.3) is 0 Å². The Bertz CT molecular complexity index is 492. The minimum absolute atomic E-state index is 0.0633. The van der Waals surface area contributed by atoms with Crippen molar-refractivity contribution in [3.8, 4) is 0 Å². The van der Waals surface area contributed by atoms with Gasteiger partial charge in [0, 0.05) is 44.5 Å².